The summed E-state index contributed by atoms with van der Waals surface area (Å²) in [6.45, 7) is 6.54. The highest BCUT2D eigenvalue weighted by Gasteiger charge is 2.27. The molecule has 26 heavy (non-hydrogen) atoms. The van der Waals surface area contributed by atoms with E-state index in [0.29, 0.717) is 23.6 Å². The molecule has 142 valence electrons. The number of benzene rings is 1. The molecule has 0 unspecified atom stereocenters. The van der Waals surface area contributed by atoms with Gasteiger partial charge in [-0.2, -0.15) is 0 Å². The third kappa shape index (κ3) is 6.50. The van der Waals surface area contributed by atoms with Gasteiger partial charge in [0.2, 0.25) is 5.91 Å². The lowest BCUT2D eigenvalue weighted by Crippen LogP contribution is -2.35. The molecular weight excluding hydrogens is 348 g/mol. The number of hydrogen-bond donors (Lipinski definition) is 3. The van der Waals surface area contributed by atoms with Crippen molar-refractivity contribution in [2.75, 3.05) is 5.32 Å². The molecule has 0 radical (unpaired) electrons. The Balaban J connectivity index is 1.87. The number of nitrogens with one attached hydrogen (secondary N) is 2. The van der Waals surface area contributed by atoms with Crippen LogP contribution in [0.5, 0.6) is 5.75 Å². The van der Waals surface area contributed by atoms with Crippen LogP contribution in [0.25, 0.3) is 6.08 Å². The second-order valence-electron chi connectivity index (χ2n) is 7.64. The Morgan fingerprint density at radius 2 is 1.92 bits per heavy atom. The Morgan fingerprint density at radius 3 is 2.54 bits per heavy atom. The maximum atomic E-state index is 12.5. The summed E-state index contributed by atoms with van der Waals surface area (Å²) in [5.41, 5.74) is 1.13. The zero-order valence-electron chi connectivity index (χ0n) is 15.6. The van der Waals surface area contributed by atoms with Crippen LogP contribution < -0.4 is 10.0 Å². The third-order valence-electron chi connectivity index (χ3n) is 4.28. The van der Waals surface area contributed by atoms with Gasteiger partial charge in [0.1, 0.15) is 12.0 Å². The number of aromatic hydroxyl groups is 1. The normalized spacial score (nSPS) is 20.9. The molecule has 0 saturated heterocycles. The highest BCUT2D eigenvalue weighted by Crippen LogP contribution is 2.30. The predicted octanol–water partition coefficient (Wildman–Crippen LogP) is 4.14. The fraction of sp³-hybridized carbons (Fsp3) is 0.500. The molecule has 2 rings (SSSR count). The van der Waals surface area contributed by atoms with Crippen molar-refractivity contribution in [1.82, 2.24) is 4.72 Å². The van der Waals surface area contributed by atoms with Gasteiger partial charge >= 0.3 is 0 Å². The standard InChI is InChI=1S/C20H28N2O3S/c1-20(2,3)26-22-16-8-6-14(7-9-16)19(25)21-17-10-11-18(24)15(13-17)5-4-12-23/h4-5,10-14,16,22,24H,6-9H2,1-3H3,(H,21,25)/b5-4-. The Labute approximate surface area is 159 Å². The molecule has 1 aliphatic rings. The molecule has 1 saturated carbocycles. The Kier molecular flexibility index (Phi) is 7.29. The number of phenols is 1. The predicted molar refractivity (Wildman–Crippen MR) is 108 cm³/mol. The van der Waals surface area contributed by atoms with E-state index in [1.54, 1.807) is 24.1 Å². The zero-order chi connectivity index (χ0) is 19.2. The average molecular weight is 377 g/mol. The molecule has 1 amide bonds. The van der Waals surface area contributed by atoms with E-state index in [-0.39, 0.29) is 22.3 Å². The minimum atomic E-state index is 0.00968. The number of anilines is 1. The molecule has 0 spiro atoms. The summed E-state index contributed by atoms with van der Waals surface area (Å²) in [5, 5.41) is 12.7. The summed E-state index contributed by atoms with van der Waals surface area (Å²) >= 11 is 1.76. The topological polar surface area (TPSA) is 78.4 Å². The average Bonchev–Trinajstić information content (AvgIpc) is 2.60. The van der Waals surface area contributed by atoms with Gasteiger partial charge in [0.15, 0.2) is 0 Å². The van der Waals surface area contributed by atoms with Crippen molar-refractivity contribution in [3.8, 4) is 5.75 Å². The summed E-state index contributed by atoms with van der Waals surface area (Å²) in [6.07, 6.45) is 7.18. The highest BCUT2D eigenvalue weighted by molar-refractivity contribution is 7.98. The highest BCUT2D eigenvalue weighted by atomic mass is 32.2. The number of carbonyl (C=O) groups excluding carboxylic acids is 2. The second-order valence-corrected chi connectivity index (χ2v) is 9.30. The molecule has 0 atom stereocenters. The molecule has 6 heteroatoms. The third-order valence-corrected chi connectivity index (χ3v) is 5.34. The molecule has 0 heterocycles. The summed E-state index contributed by atoms with van der Waals surface area (Å²) in [5.74, 6) is 0.0995. The van der Waals surface area contributed by atoms with Crippen LogP contribution in [0.2, 0.25) is 0 Å². The summed E-state index contributed by atoms with van der Waals surface area (Å²) in [6, 6.07) is 5.31. The summed E-state index contributed by atoms with van der Waals surface area (Å²) in [4.78, 5) is 23.0. The van der Waals surface area contributed by atoms with Gasteiger partial charge in [-0.3, -0.25) is 14.3 Å². The first kappa shape index (κ1) is 20.5. The van der Waals surface area contributed by atoms with E-state index < -0.39 is 0 Å². The SMILES string of the molecule is CC(C)(C)SNC1CCC(C(=O)Nc2ccc(O)c(/C=C\C=O)c2)CC1. The van der Waals surface area contributed by atoms with Crippen molar-refractivity contribution in [3.63, 3.8) is 0 Å². The maximum absolute atomic E-state index is 12.5. The largest absolute Gasteiger partial charge is 0.507 e. The first-order valence-electron chi connectivity index (χ1n) is 8.98. The number of aldehydes is 1. The molecule has 1 aromatic carbocycles. The van der Waals surface area contributed by atoms with E-state index >= 15 is 0 Å². The number of rotatable bonds is 6. The molecular formula is C20H28N2O3S. The number of allylic oxidation sites excluding steroid dienone is 1. The molecule has 1 aromatic rings. The van der Waals surface area contributed by atoms with Crippen molar-refractivity contribution in [1.29, 1.82) is 0 Å². The van der Waals surface area contributed by atoms with Crippen LogP contribution in [0.3, 0.4) is 0 Å². The Bertz CT molecular complexity index is 660. The smallest absolute Gasteiger partial charge is 0.227 e. The van der Waals surface area contributed by atoms with E-state index in [1.807, 2.05) is 0 Å². The number of hydrogen-bond acceptors (Lipinski definition) is 5. The molecule has 0 bridgehead atoms. The first-order valence-corrected chi connectivity index (χ1v) is 9.79. The van der Waals surface area contributed by atoms with Crippen LogP contribution in [0, 0.1) is 5.92 Å². The van der Waals surface area contributed by atoms with Crippen LogP contribution in [0.15, 0.2) is 24.3 Å². The molecule has 0 aromatic heterocycles. The van der Waals surface area contributed by atoms with Crippen LogP contribution in [0.1, 0.15) is 52.0 Å². The van der Waals surface area contributed by atoms with Gasteiger partial charge in [0.05, 0.1) is 0 Å². The maximum Gasteiger partial charge on any atom is 0.227 e. The van der Waals surface area contributed by atoms with Gasteiger partial charge < -0.3 is 10.4 Å². The van der Waals surface area contributed by atoms with Crippen molar-refractivity contribution in [2.24, 2.45) is 5.92 Å². The van der Waals surface area contributed by atoms with Crippen LogP contribution in [-0.2, 0) is 9.59 Å². The fourth-order valence-electron chi connectivity index (χ4n) is 2.89. The van der Waals surface area contributed by atoms with Crippen LogP contribution >= 0.6 is 11.9 Å². The lowest BCUT2D eigenvalue weighted by Gasteiger charge is -2.30. The Morgan fingerprint density at radius 1 is 1.23 bits per heavy atom. The van der Waals surface area contributed by atoms with Gasteiger partial charge in [0.25, 0.3) is 0 Å². The summed E-state index contributed by atoms with van der Waals surface area (Å²) < 4.78 is 3.71. The van der Waals surface area contributed by atoms with Gasteiger partial charge in [-0.25, -0.2) is 0 Å². The van der Waals surface area contributed by atoms with Crippen molar-refractivity contribution < 1.29 is 14.7 Å². The lowest BCUT2D eigenvalue weighted by molar-refractivity contribution is -0.120. The number of phenolic OH excluding ortho intramolecular Hbond substituents is 1. The molecule has 0 aliphatic heterocycles. The number of amides is 1. The van der Waals surface area contributed by atoms with Crippen LogP contribution in [-0.4, -0.2) is 28.1 Å². The van der Waals surface area contributed by atoms with Crippen LogP contribution in [0.4, 0.5) is 5.69 Å². The minimum absolute atomic E-state index is 0.00968. The van der Waals surface area contributed by atoms with Gasteiger partial charge in [0, 0.05) is 28.0 Å². The molecule has 1 aliphatic carbocycles. The molecule has 3 N–H and O–H groups in total. The van der Waals surface area contributed by atoms with Crippen molar-refractivity contribution in [3.05, 3.63) is 29.8 Å². The number of carbonyl (C=O) groups is 2. The van der Waals surface area contributed by atoms with E-state index in [4.69, 9.17) is 0 Å². The first-order chi connectivity index (χ1) is 12.3. The lowest BCUT2D eigenvalue weighted by atomic mass is 9.86. The van der Waals surface area contributed by atoms with E-state index in [9.17, 15) is 14.7 Å². The Hall–Kier alpha value is -1.79. The van der Waals surface area contributed by atoms with Crippen molar-refractivity contribution in [2.45, 2.75) is 57.2 Å². The van der Waals surface area contributed by atoms with E-state index in [2.05, 4.69) is 30.8 Å². The quantitative estimate of drug-likeness (QED) is 0.301. The second kappa shape index (κ2) is 9.24. The van der Waals surface area contributed by atoms with E-state index in [0.717, 1.165) is 25.7 Å². The van der Waals surface area contributed by atoms with Gasteiger partial charge in [-0.05, 0) is 76.8 Å². The monoisotopic (exact) mass is 376 g/mol. The van der Waals surface area contributed by atoms with E-state index in [1.165, 1.54) is 18.2 Å². The fourth-order valence-corrected chi connectivity index (χ4v) is 3.64. The minimum Gasteiger partial charge on any atom is -0.507 e. The zero-order valence-corrected chi connectivity index (χ0v) is 16.4. The summed E-state index contributed by atoms with van der Waals surface area (Å²) in [7, 11) is 0. The van der Waals surface area contributed by atoms with Crippen molar-refractivity contribution >= 4 is 35.9 Å². The van der Waals surface area contributed by atoms with Gasteiger partial charge in [-0.15, -0.1) is 0 Å². The molecule has 5 nitrogen and oxygen atoms in total. The van der Waals surface area contributed by atoms with Gasteiger partial charge in [-0.1, -0.05) is 11.9 Å². The molecule has 1 fully saturated rings.